The molecule has 2 aromatic heterocycles. The molecule has 0 unspecified atom stereocenters. The van der Waals surface area contributed by atoms with Gasteiger partial charge in [-0.25, -0.2) is 4.98 Å². The Kier molecular flexibility index (Phi) is 4.11. The number of fused-ring (bicyclic) bond motifs is 2. The quantitative estimate of drug-likeness (QED) is 0.761. The first-order chi connectivity index (χ1) is 12.5. The number of carbonyl (C=O) groups is 1. The lowest BCUT2D eigenvalue weighted by Crippen LogP contribution is -2.36. The molecule has 2 N–H and O–H groups in total. The van der Waals surface area contributed by atoms with Gasteiger partial charge in [-0.1, -0.05) is 6.07 Å². The van der Waals surface area contributed by atoms with E-state index in [0.717, 1.165) is 34.4 Å². The van der Waals surface area contributed by atoms with Crippen LogP contribution in [0.5, 0.6) is 0 Å². The molecule has 6 heteroatoms. The van der Waals surface area contributed by atoms with Crippen LogP contribution in [-0.4, -0.2) is 32.3 Å². The number of hydrogen-bond acceptors (Lipinski definition) is 3. The average molecular weight is 350 g/mol. The molecule has 0 spiro atoms. The highest BCUT2D eigenvalue weighted by atomic mass is 16.2. The van der Waals surface area contributed by atoms with Crippen molar-refractivity contribution in [2.24, 2.45) is 0 Å². The van der Waals surface area contributed by atoms with Crippen LogP contribution in [0.2, 0.25) is 0 Å². The highest BCUT2D eigenvalue weighted by Crippen LogP contribution is 2.21. The summed E-state index contributed by atoms with van der Waals surface area (Å²) in [6.07, 6.45) is 3.48. The molecule has 0 saturated carbocycles. The molecule has 6 nitrogen and oxygen atoms in total. The van der Waals surface area contributed by atoms with E-state index in [-0.39, 0.29) is 11.5 Å². The Balaban J connectivity index is 1.44. The van der Waals surface area contributed by atoms with Crippen LogP contribution >= 0.6 is 0 Å². The number of amides is 1. The van der Waals surface area contributed by atoms with Gasteiger partial charge in [0.15, 0.2) is 0 Å². The first-order valence-electron chi connectivity index (χ1n) is 8.94. The Bertz CT molecular complexity index is 1050. The van der Waals surface area contributed by atoms with Crippen LogP contribution in [-0.2, 0) is 24.2 Å². The minimum Gasteiger partial charge on any atom is -0.342 e. The molecule has 134 valence electrons. The highest BCUT2D eigenvalue weighted by Gasteiger charge is 2.21. The molecule has 0 fully saturated rings. The van der Waals surface area contributed by atoms with Gasteiger partial charge in [-0.15, -0.1) is 0 Å². The second-order valence-electron chi connectivity index (χ2n) is 7.00. The van der Waals surface area contributed by atoms with Crippen LogP contribution in [0.15, 0.2) is 29.2 Å². The van der Waals surface area contributed by atoms with E-state index in [0.29, 0.717) is 25.9 Å². The van der Waals surface area contributed by atoms with Crippen LogP contribution in [0.4, 0.5) is 0 Å². The number of benzene rings is 1. The third-order valence-electron chi connectivity index (χ3n) is 5.27. The first kappa shape index (κ1) is 16.6. The third-order valence-corrected chi connectivity index (χ3v) is 5.27. The largest absolute Gasteiger partial charge is 0.342 e. The molecule has 4 rings (SSSR count). The van der Waals surface area contributed by atoms with Crippen LogP contribution in [0, 0.1) is 13.8 Å². The zero-order chi connectivity index (χ0) is 18.3. The molecule has 0 bridgehead atoms. The predicted octanol–water partition coefficient (Wildman–Crippen LogP) is 2.39. The minimum atomic E-state index is -0.0843. The SMILES string of the molecule is Cc1ccc2[nH]c(CCC(=O)N3CCc4cc(=O)[nH]cc4C3)nc2c1C. The fourth-order valence-corrected chi connectivity index (χ4v) is 3.54. The number of aromatic amines is 2. The Morgan fingerprint density at radius 1 is 1.27 bits per heavy atom. The van der Waals surface area contributed by atoms with Gasteiger partial charge in [0.05, 0.1) is 11.0 Å². The fraction of sp³-hybridized carbons (Fsp3) is 0.350. The average Bonchev–Trinajstić information content (AvgIpc) is 3.06. The van der Waals surface area contributed by atoms with Gasteiger partial charge < -0.3 is 14.9 Å². The number of imidazole rings is 1. The second kappa shape index (κ2) is 6.44. The number of nitrogens with one attached hydrogen (secondary N) is 2. The number of pyridine rings is 1. The lowest BCUT2D eigenvalue weighted by Gasteiger charge is -2.28. The first-order valence-corrected chi connectivity index (χ1v) is 8.94. The van der Waals surface area contributed by atoms with Gasteiger partial charge >= 0.3 is 0 Å². The molecule has 0 atom stereocenters. The van der Waals surface area contributed by atoms with Crippen molar-refractivity contribution in [3.63, 3.8) is 0 Å². The van der Waals surface area contributed by atoms with E-state index in [1.165, 1.54) is 11.1 Å². The zero-order valence-electron chi connectivity index (χ0n) is 15.1. The number of aryl methyl sites for hydroxylation is 3. The van der Waals surface area contributed by atoms with E-state index < -0.39 is 0 Å². The summed E-state index contributed by atoms with van der Waals surface area (Å²) in [6.45, 7) is 5.37. The maximum Gasteiger partial charge on any atom is 0.248 e. The molecule has 1 aromatic carbocycles. The molecule has 1 aliphatic heterocycles. The number of carbonyl (C=O) groups excluding carboxylic acids is 1. The van der Waals surface area contributed by atoms with Crippen molar-refractivity contribution in [1.29, 1.82) is 0 Å². The Morgan fingerprint density at radius 3 is 2.96 bits per heavy atom. The number of rotatable bonds is 3. The topological polar surface area (TPSA) is 81.9 Å². The van der Waals surface area contributed by atoms with Gasteiger partial charge in [-0.3, -0.25) is 9.59 Å². The second-order valence-corrected chi connectivity index (χ2v) is 7.00. The van der Waals surface area contributed by atoms with E-state index in [1.54, 1.807) is 12.3 Å². The summed E-state index contributed by atoms with van der Waals surface area (Å²) in [7, 11) is 0. The number of H-pyrrole nitrogens is 2. The molecular weight excluding hydrogens is 328 g/mol. The summed E-state index contributed by atoms with van der Waals surface area (Å²) in [5.74, 6) is 0.971. The highest BCUT2D eigenvalue weighted by molar-refractivity contribution is 5.80. The maximum absolute atomic E-state index is 12.6. The normalized spacial score (nSPS) is 13.8. The summed E-state index contributed by atoms with van der Waals surface area (Å²) >= 11 is 0. The van der Waals surface area contributed by atoms with Crippen molar-refractivity contribution < 1.29 is 4.79 Å². The monoisotopic (exact) mass is 350 g/mol. The Morgan fingerprint density at radius 2 is 2.12 bits per heavy atom. The zero-order valence-corrected chi connectivity index (χ0v) is 15.1. The Hall–Kier alpha value is -2.89. The van der Waals surface area contributed by atoms with E-state index >= 15 is 0 Å². The minimum absolute atomic E-state index is 0.0843. The predicted molar refractivity (Wildman–Crippen MR) is 100 cm³/mol. The summed E-state index contributed by atoms with van der Waals surface area (Å²) in [4.78, 5) is 36.5. The van der Waals surface area contributed by atoms with E-state index in [1.807, 2.05) is 11.0 Å². The number of aromatic nitrogens is 3. The molecule has 3 heterocycles. The van der Waals surface area contributed by atoms with Gasteiger partial charge in [0.25, 0.3) is 0 Å². The van der Waals surface area contributed by atoms with E-state index in [9.17, 15) is 9.59 Å². The molecule has 1 amide bonds. The van der Waals surface area contributed by atoms with Crippen molar-refractivity contribution in [2.45, 2.75) is 39.7 Å². The van der Waals surface area contributed by atoms with Crippen LogP contribution in [0.25, 0.3) is 11.0 Å². The standard InChI is InChI=1S/C20H22N4O2/c1-12-3-4-16-20(13(12)2)23-17(22-16)5-6-19(26)24-8-7-14-9-18(25)21-10-15(14)11-24/h3-4,9-10H,5-8,11H2,1-2H3,(H,21,25)(H,22,23). The van der Waals surface area contributed by atoms with Gasteiger partial charge in [-0.05, 0) is 48.6 Å². The van der Waals surface area contributed by atoms with Crippen LogP contribution in [0.1, 0.15) is 34.5 Å². The summed E-state index contributed by atoms with van der Waals surface area (Å²) in [6, 6.07) is 5.76. The van der Waals surface area contributed by atoms with E-state index in [4.69, 9.17) is 0 Å². The summed E-state index contributed by atoms with van der Waals surface area (Å²) in [5.41, 5.74) is 6.39. The van der Waals surface area contributed by atoms with Gasteiger partial charge in [-0.2, -0.15) is 0 Å². The molecule has 26 heavy (non-hydrogen) atoms. The van der Waals surface area contributed by atoms with Gasteiger partial charge in [0.1, 0.15) is 5.82 Å². The third kappa shape index (κ3) is 3.03. The molecule has 1 aliphatic rings. The summed E-state index contributed by atoms with van der Waals surface area (Å²) < 4.78 is 0. The molecule has 0 radical (unpaired) electrons. The number of hydrogen-bond donors (Lipinski definition) is 2. The van der Waals surface area contributed by atoms with Crippen molar-refractivity contribution in [1.82, 2.24) is 19.9 Å². The molecular formula is C20H22N4O2. The lowest BCUT2D eigenvalue weighted by atomic mass is 10.0. The smallest absolute Gasteiger partial charge is 0.248 e. The van der Waals surface area contributed by atoms with Gasteiger partial charge in [0, 0.05) is 38.2 Å². The van der Waals surface area contributed by atoms with Crippen molar-refractivity contribution in [3.8, 4) is 0 Å². The fourth-order valence-electron chi connectivity index (χ4n) is 3.54. The molecule has 0 aliphatic carbocycles. The number of nitrogens with zero attached hydrogens (tertiary/aromatic N) is 2. The van der Waals surface area contributed by atoms with E-state index in [2.05, 4.69) is 34.9 Å². The van der Waals surface area contributed by atoms with Gasteiger partial charge in [0.2, 0.25) is 11.5 Å². The van der Waals surface area contributed by atoms with Crippen molar-refractivity contribution >= 4 is 16.9 Å². The Labute approximate surface area is 151 Å². The molecule has 0 saturated heterocycles. The molecule has 3 aromatic rings. The van der Waals surface area contributed by atoms with Crippen LogP contribution < -0.4 is 5.56 Å². The summed E-state index contributed by atoms with van der Waals surface area (Å²) in [5, 5.41) is 0. The van der Waals surface area contributed by atoms with Crippen molar-refractivity contribution in [2.75, 3.05) is 6.54 Å². The maximum atomic E-state index is 12.6. The lowest BCUT2D eigenvalue weighted by molar-refractivity contribution is -0.132. The van der Waals surface area contributed by atoms with Crippen molar-refractivity contribution in [3.05, 3.63) is 62.8 Å². The van der Waals surface area contributed by atoms with Crippen LogP contribution in [0.3, 0.4) is 0 Å².